The Labute approximate surface area is 67.4 Å². The van der Waals surface area contributed by atoms with Gasteiger partial charge in [-0.25, -0.2) is 0 Å². The number of rotatable bonds is 6. The Kier molecular flexibility index (Phi) is 4.50. The van der Waals surface area contributed by atoms with Gasteiger partial charge < -0.3 is 19.3 Å². The molecular formula is C4H6O7P. The molecular weight excluding hydrogens is 191 g/mol. The molecule has 0 aromatic carbocycles. The maximum absolute atomic E-state index is 10.4. The van der Waals surface area contributed by atoms with E-state index in [2.05, 4.69) is 9.47 Å². The molecule has 0 saturated carbocycles. The Morgan fingerprint density at radius 2 is 1.83 bits per heavy atom. The van der Waals surface area contributed by atoms with Crippen LogP contribution in [0, 0.1) is 6.61 Å². The van der Waals surface area contributed by atoms with Crippen LogP contribution in [0.2, 0.25) is 0 Å². The van der Waals surface area contributed by atoms with Gasteiger partial charge in [0.2, 0.25) is 5.85 Å². The molecule has 0 aliphatic carbocycles. The van der Waals surface area contributed by atoms with Crippen molar-refractivity contribution in [2.45, 2.75) is 5.85 Å². The van der Waals surface area contributed by atoms with E-state index in [-0.39, 0.29) is 12.9 Å². The lowest BCUT2D eigenvalue weighted by atomic mass is 10.8. The van der Waals surface area contributed by atoms with E-state index in [1.165, 1.54) is 0 Å². The van der Waals surface area contributed by atoms with Crippen molar-refractivity contribution in [3.63, 3.8) is 0 Å². The van der Waals surface area contributed by atoms with Crippen molar-refractivity contribution >= 4 is 20.5 Å². The third-order valence-corrected chi connectivity index (χ3v) is 1.68. The van der Waals surface area contributed by atoms with Gasteiger partial charge in [0.25, 0.3) is 12.9 Å². The third kappa shape index (κ3) is 4.07. The van der Waals surface area contributed by atoms with E-state index in [4.69, 9.17) is 9.79 Å². The van der Waals surface area contributed by atoms with Gasteiger partial charge in [0, 0.05) is 0 Å². The SMILES string of the molecule is O=CO[CH]C(OC=O)P(=O)(O)O. The molecule has 0 aliphatic rings. The summed E-state index contributed by atoms with van der Waals surface area (Å²) in [6.45, 7) is 0.216. The van der Waals surface area contributed by atoms with Crippen molar-refractivity contribution < 1.29 is 33.4 Å². The number of hydrogen-bond acceptors (Lipinski definition) is 5. The summed E-state index contributed by atoms with van der Waals surface area (Å²) in [5, 5.41) is 0. The Bertz CT molecular complexity index is 196. The minimum absolute atomic E-state index is 0.0587. The molecule has 0 aliphatic heterocycles. The van der Waals surface area contributed by atoms with E-state index in [0.717, 1.165) is 0 Å². The highest BCUT2D eigenvalue weighted by atomic mass is 31.2. The highest BCUT2D eigenvalue weighted by molar-refractivity contribution is 7.52. The van der Waals surface area contributed by atoms with Crippen molar-refractivity contribution in [3.05, 3.63) is 6.61 Å². The van der Waals surface area contributed by atoms with Gasteiger partial charge in [0.15, 0.2) is 6.61 Å². The van der Waals surface area contributed by atoms with Crippen LogP contribution < -0.4 is 0 Å². The molecule has 7 nitrogen and oxygen atoms in total. The summed E-state index contributed by atoms with van der Waals surface area (Å²) in [4.78, 5) is 36.2. The van der Waals surface area contributed by atoms with Crippen LogP contribution in [0.15, 0.2) is 0 Å². The second-order valence-electron chi connectivity index (χ2n) is 1.58. The van der Waals surface area contributed by atoms with Crippen molar-refractivity contribution in [2.24, 2.45) is 0 Å². The lowest BCUT2D eigenvalue weighted by Crippen LogP contribution is -2.14. The minimum atomic E-state index is -4.62. The Balaban J connectivity index is 4.12. The molecule has 0 aromatic rings. The second kappa shape index (κ2) is 4.87. The molecule has 1 atom stereocenters. The Hall–Kier alpha value is -0.910. The largest absolute Gasteiger partial charge is 0.456 e. The lowest BCUT2D eigenvalue weighted by Gasteiger charge is -2.13. The average molecular weight is 197 g/mol. The molecule has 0 amide bonds. The normalized spacial score (nSPS) is 13.2. The molecule has 0 rings (SSSR count). The molecule has 0 saturated heterocycles. The highest BCUT2D eigenvalue weighted by Gasteiger charge is 2.31. The summed E-state index contributed by atoms with van der Waals surface area (Å²) in [6, 6.07) is 0. The van der Waals surface area contributed by atoms with E-state index in [0.29, 0.717) is 6.61 Å². The average Bonchev–Trinajstić information content (AvgIpc) is 1.95. The van der Waals surface area contributed by atoms with Crippen molar-refractivity contribution in [1.82, 2.24) is 0 Å². The predicted molar refractivity (Wildman–Crippen MR) is 34.4 cm³/mol. The number of ether oxygens (including phenoxy) is 2. The monoisotopic (exact) mass is 197 g/mol. The van der Waals surface area contributed by atoms with Gasteiger partial charge in [0.05, 0.1) is 0 Å². The molecule has 8 heteroatoms. The third-order valence-electron chi connectivity index (χ3n) is 0.777. The van der Waals surface area contributed by atoms with Gasteiger partial charge in [0.1, 0.15) is 0 Å². The van der Waals surface area contributed by atoms with E-state index in [1.54, 1.807) is 0 Å². The van der Waals surface area contributed by atoms with Crippen LogP contribution in [0.5, 0.6) is 0 Å². The predicted octanol–water partition coefficient (Wildman–Crippen LogP) is -1.00. The van der Waals surface area contributed by atoms with Crippen LogP contribution in [0.25, 0.3) is 0 Å². The quantitative estimate of drug-likeness (QED) is 0.414. The van der Waals surface area contributed by atoms with E-state index in [1.807, 2.05) is 0 Å². The maximum Gasteiger partial charge on any atom is 0.369 e. The van der Waals surface area contributed by atoms with E-state index >= 15 is 0 Å². The van der Waals surface area contributed by atoms with Gasteiger partial charge in [-0.3, -0.25) is 14.2 Å². The highest BCUT2D eigenvalue weighted by Crippen LogP contribution is 2.42. The molecule has 0 fully saturated rings. The zero-order valence-corrected chi connectivity index (χ0v) is 6.59. The van der Waals surface area contributed by atoms with Crippen LogP contribution in [-0.2, 0) is 23.6 Å². The van der Waals surface area contributed by atoms with Gasteiger partial charge in [-0.15, -0.1) is 0 Å². The summed E-state index contributed by atoms with van der Waals surface area (Å²) in [5.41, 5.74) is 0. The number of carbonyl (C=O) groups is 2. The summed E-state index contributed by atoms with van der Waals surface area (Å²) < 4.78 is 18.2. The lowest BCUT2D eigenvalue weighted by molar-refractivity contribution is -0.135. The smallest absolute Gasteiger partial charge is 0.369 e. The van der Waals surface area contributed by atoms with Crippen LogP contribution in [-0.4, -0.2) is 28.6 Å². The first-order valence-electron chi connectivity index (χ1n) is 2.59. The molecule has 69 valence electrons. The first kappa shape index (κ1) is 11.1. The van der Waals surface area contributed by atoms with Crippen LogP contribution >= 0.6 is 7.60 Å². The van der Waals surface area contributed by atoms with Crippen molar-refractivity contribution in [1.29, 1.82) is 0 Å². The van der Waals surface area contributed by atoms with Crippen LogP contribution in [0.3, 0.4) is 0 Å². The summed E-state index contributed by atoms with van der Waals surface area (Å²) in [7, 11) is -4.62. The molecule has 2 N–H and O–H groups in total. The molecule has 1 unspecified atom stereocenters. The van der Waals surface area contributed by atoms with Gasteiger partial charge in [-0.2, -0.15) is 0 Å². The van der Waals surface area contributed by atoms with Crippen LogP contribution in [0.1, 0.15) is 0 Å². The first-order chi connectivity index (χ1) is 5.52. The Morgan fingerprint density at radius 3 is 2.17 bits per heavy atom. The standard InChI is InChI=1S/C4H6O7P/c5-2-10-1-4(11-3-6)12(7,8)9/h1-4H,(H2,7,8,9). The van der Waals surface area contributed by atoms with E-state index in [9.17, 15) is 14.2 Å². The molecule has 0 aromatic heterocycles. The fraction of sp³-hybridized carbons (Fsp3) is 0.250. The zero-order valence-electron chi connectivity index (χ0n) is 5.69. The fourth-order valence-corrected chi connectivity index (χ4v) is 0.784. The molecule has 1 radical (unpaired) electrons. The number of carbonyl (C=O) groups excluding carboxylic acids is 2. The summed E-state index contributed by atoms with van der Waals surface area (Å²) in [5.74, 6) is -1.85. The maximum atomic E-state index is 10.4. The topological polar surface area (TPSA) is 110 Å². The molecule has 0 heterocycles. The molecule has 0 spiro atoms. The minimum Gasteiger partial charge on any atom is -0.456 e. The first-order valence-corrected chi connectivity index (χ1v) is 4.27. The van der Waals surface area contributed by atoms with Crippen molar-refractivity contribution in [3.8, 4) is 0 Å². The molecule has 0 bridgehead atoms. The summed E-state index contributed by atoms with van der Waals surface area (Å²) >= 11 is 0. The summed E-state index contributed by atoms with van der Waals surface area (Å²) in [6.07, 6.45) is 0. The second-order valence-corrected chi connectivity index (χ2v) is 3.27. The van der Waals surface area contributed by atoms with Gasteiger partial charge in [-0.05, 0) is 0 Å². The van der Waals surface area contributed by atoms with Gasteiger partial charge >= 0.3 is 7.60 Å². The Morgan fingerprint density at radius 1 is 1.25 bits per heavy atom. The zero-order chi connectivity index (χ0) is 9.61. The van der Waals surface area contributed by atoms with E-state index < -0.39 is 13.4 Å². The molecule has 12 heavy (non-hydrogen) atoms. The van der Waals surface area contributed by atoms with Crippen LogP contribution in [0.4, 0.5) is 0 Å². The fourth-order valence-electron chi connectivity index (χ4n) is 0.347. The number of hydrogen-bond donors (Lipinski definition) is 2. The van der Waals surface area contributed by atoms with Crippen molar-refractivity contribution in [2.75, 3.05) is 0 Å². The van der Waals surface area contributed by atoms with Gasteiger partial charge in [-0.1, -0.05) is 0 Å².